The van der Waals surface area contributed by atoms with Crippen LogP contribution in [0.3, 0.4) is 0 Å². The van der Waals surface area contributed by atoms with Crippen LogP contribution in [0, 0.1) is 19.8 Å². The number of fused-ring (bicyclic) bond motifs is 1. The van der Waals surface area contributed by atoms with Gasteiger partial charge in [-0.25, -0.2) is 0 Å². The third kappa shape index (κ3) is 2.61. The summed E-state index contributed by atoms with van der Waals surface area (Å²) in [5.41, 5.74) is 4.58. The lowest BCUT2D eigenvalue weighted by molar-refractivity contribution is -0.119. The van der Waals surface area contributed by atoms with Gasteiger partial charge in [-0.15, -0.1) is 0 Å². The average molecular weight is 282 g/mol. The first-order valence-corrected chi connectivity index (χ1v) is 7.13. The van der Waals surface area contributed by atoms with Crippen LogP contribution in [0.15, 0.2) is 35.1 Å². The minimum atomic E-state index is -0.142. The molecule has 2 N–H and O–H groups in total. The number of aromatic nitrogens is 1. The van der Waals surface area contributed by atoms with Crippen LogP contribution in [0.5, 0.6) is 0 Å². The summed E-state index contributed by atoms with van der Waals surface area (Å²) < 4.78 is 0. The van der Waals surface area contributed by atoms with Crippen molar-refractivity contribution in [2.75, 3.05) is 5.32 Å². The first-order chi connectivity index (χ1) is 10.0. The highest BCUT2D eigenvalue weighted by Crippen LogP contribution is 2.28. The minimum absolute atomic E-state index is 0.0180. The van der Waals surface area contributed by atoms with Crippen LogP contribution in [-0.4, -0.2) is 10.9 Å². The molecule has 1 heterocycles. The number of H-pyrrole nitrogens is 1. The molecule has 0 aliphatic heterocycles. The standard InChI is InChI=1S/C17H18N2O2/c1-10-7-15(20)18-11(2)16(10)19-17(21)14-8-12-5-3-4-6-13(12)9-14/h3-7,14H,8-9H2,1-2H3,(H,18,20)(H,19,21). The van der Waals surface area contributed by atoms with Crippen LogP contribution in [0.2, 0.25) is 0 Å². The summed E-state index contributed by atoms with van der Waals surface area (Å²) in [5, 5.41) is 2.97. The second-order valence-corrected chi connectivity index (χ2v) is 5.68. The Morgan fingerprint density at radius 1 is 1.19 bits per heavy atom. The van der Waals surface area contributed by atoms with Crippen LogP contribution in [0.25, 0.3) is 0 Å². The first kappa shape index (κ1) is 13.6. The van der Waals surface area contributed by atoms with Gasteiger partial charge in [0.15, 0.2) is 0 Å². The molecule has 1 aliphatic rings. The highest BCUT2D eigenvalue weighted by molar-refractivity contribution is 5.94. The van der Waals surface area contributed by atoms with Crippen LogP contribution >= 0.6 is 0 Å². The van der Waals surface area contributed by atoms with Crippen molar-refractivity contribution in [1.29, 1.82) is 0 Å². The van der Waals surface area contributed by atoms with Crippen molar-refractivity contribution in [3.63, 3.8) is 0 Å². The van der Waals surface area contributed by atoms with Crippen molar-refractivity contribution in [2.24, 2.45) is 5.92 Å². The molecule has 0 fully saturated rings. The van der Waals surface area contributed by atoms with Crippen molar-refractivity contribution < 1.29 is 4.79 Å². The van der Waals surface area contributed by atoms with Gasteiger partial charge in [-0.3, -0.25) is 9.59 Å². The molecule has 1 aliphatic carbocycles. The van der Waals surface area contributed by atoms with E-state index in [1.54, 1.807) is 6.92 Å². The number of carbonyl (C=O) groups is 1. The molecule has 0 spiro atoms. The Morgan fingerprint density at radius 3 is 2.38 bits per heavy atom. The van der Waals surface area contributed by atoms with Gasteiger partial charge in [-0.1, -0.05) is 24.3 Å². The second kappa shape index (κ2) is 5.20. The van der Waals surface area contributed by atoms with E-state index < -0.39 is 0 Å². The summed E-state index contributed by atoms with van der Waals surface area (Å²) >= 11 is 0. The first-order valence-electron chi connectivity index (χ1n) is 7.13. The van der Waals surface area contributed by atoms with E-state index in [1.165, 1.54) is 17.2 Å². The molecule has 4 heteroatoms. The van der Waals surface area contributed by atoms with Gasteiger partial charge in [0, 0.05) is 17.7 Å². The maximum absolute atomic E-state index is 12.5. The van der Waals surface area contributed by atoms with E-state index in [0.717, 1.165) is 24.1 Å². The molecule has 0 saturated heterocycles. The van der Waals surface area contributed by atoms with E-state index in [1.807, 2.05) is 19.1 Å². The van der Waals surface area contributed by atoms with Gasteiger partial charge in [0.1, 0.15) is 0 Å². The Kier molecular flexibility index (Phi) is 3.37. The van der Waals surface area contributed by atoms with Gasteiger partial charge in [0.05, 0.1) is 5.69 Å². The number of pyridine rings is 1. The SMILES string of the molecule is Cc1cc(=O)[nH]c(C)c1NC(=O)C1Cc2ccccc2C1. The number of aryl methyl sites for hydroxylation is 2. The topological polar surface area (TPSA) is 62.0 Å². The molecule has 2 aromatic rings. The van der Waals surface area contributed by atoms with E-state index in [0.29, 0.717) is 5.69 Å². The normalized spacial score (nSPS) is 14.0. The molecule has 1 aromatic heterocycles. The molecule has 4 nitrogen and oxygen atoms in total. The Balaban J connectivity index is 1.79. The summed E-state index contributed by atoms with van der Waals surface area (Å²) in [6.07, 6.45) is 1.56. The Hall–Kier alpha value is -2.36. The maximum atomic E-state index is 12.5. The van der Waals surface area contributed by atoms with Gasteiger partial charge in [-0.05, 0) is 43.4 Å². The molecule has 3 rings (SSSR count). The zero-order chi connectivity index (χ0) is 15.0. The molecule has 21 heavy (non-hydrogen) atoms. The highest BCUT2D eigenvalue weighted by atomic mass is 16.2. The van der Waals surface area contributed by atoms with Crippen molar-refractivity contribution >= 4 is 11.6 Å². The van der Waals surface area contributed by atoms with Gasteiger partial charge >= 0.3 is 0 Å². The Bertz CT molecular complexity index is 710. The quantitative estimate of drug-likeness (QED) is 0.888. The smallest absolute Gasteiger partial charge is 0.248 e. The van der Waals surface area contributed by atoms with Crippen molar-refractivity contribution in [3.8, 4) is 0 Å². The summed E-state index contributed by atoms with van der Waals surface area (Å²) in [5.74, 6) is -0.0161. The van der Waals surface area contributed by atoms with Crippen LogP contribution in [0.1, 0.15) is 22.4 Å². The number of aromatic amines is 1. The summed E-state index contributed by atoms with van der Waals surface area (Å²) in [4.78, 5) is 26.6. The van der Waals surface area contributed by atoms with Crippen LogP contribution < -0.4 is 10.9 Å². The number of rotatable bonds is 2. The van der Waals surface area contributed by atoms with E-state index in [-0.39, 0.29) is 17.4 Å². The molecule has 1 aromatic carbocycles. The van der Waals surface area contributed by atoms with E-state index >= 15 is 0 Å². The molecule has 0 radical (unpaired) electrons. The molecule has 0 bridgehead atoms. The number of carbonyl (C=O) groups excluding carboxylic acids is 1. The van der Waals surface area contributed by atoms with Crippen LogP contribution in [-0.2, 0) is 17.6 Å². The summed E-state index contributed by atoms with van der Waals surface area (Å²) in [7, 11) is 0. The van der Waals surface area contributed by atoms with E-state index in [2.05, 4.69) is 22.4 Å². The van der Waals surface area contributed by atoms with Crippen molar-refractivity contribution in [1.82, 2.24) is 4.98 Å². The number of hydrogen-bond acceptors (Lipinski definition) is 2. The fourth-order valence-corrected chi connectivity index (χ4v) is 3.01. The largest absolute Gasteiger partial charge is 0.324 e. The third-order valence-corrected chi connectivity index (χ3v) is 4.10. The average Bonchev–Trinajstić information content (AvgIpc) is 2.86. The zero-order valence-electron chi connectivity index (χ0n) is 12.2. The predicted molar refractivity (Wildman–Crippen MR) is 82.5 cm³/mol. The summed E-state index contributed by atoms with van der Waals surface area (Å²) in [6.45, 7) is 3.63. The van der Waals surface area contributed by atoms with Crippen molar-refractivity contribution in [3.05, 3.63) is 63.1 Å². The van der Waals surface area contributed by atoms with E-state index in [9.17, 15) is 9.59 Å². The van der Waals surface area contributed by atoms with Gasteiger partial charge in [-0.2, -0.15) is 0 Å². The number of benzene rings is 1. The Labute approximate surface area is 123 Å². The van der Waals surface area contributed by atoms with Gasteiger partial charge < -0.3 is 10.3 Å². The molecule has 0 unspecified atom stereocenters. The maximum Gasteiger partial charge on any atom is 0.248 e. The van der Waals surface area contributed by atoms with Crippen LogP contribution in [0.4, 0.5) is 5.69 Å². The number of anilines is 1. The fourth-order valence-electron chi connectivity index (χ4n) is 3.01. The fraction of sp³-hybridized carbons (Fsp3) is 0.294. The molecule has 0 atom stereocenters. The lowest BCUT2D eigenvalue weighted by atomic mass is 10.0. The van der Waals surface area contributed by atoms with Gasteiger partial charge in [0.2, 0.25) is 11.5 Å². The highest BCUT2D eigenvalue weighted by Gasteiger charge is 2.27. The molecule has 108 valence electrons. The summed E-state index contributed by atoms with van der Waals surface area (Å²) in [6, 6.07) is 9.69. The lowest BCUT2D eigenvalue weighted by Gasteiger charge is -2.14. The molecular formula is C17H18N2O2. The van der Waals surface area contributed by atoms with Crippen molar-refractivity contribution in [2.45, 2.75) is 26.7 Å². The Morgan fingerprint density at radius 2 is 1.81 bits per heavy atom. The monoisotopic (exact) mass is 282 g/mol. The molecule has 1 amide bonds. The van der Waals surface area contributed by atoms with Gasteiger partial charge in [0.25, 0.3) is 0 Å². The van der Waals surface area contributed by atoms with E-state index in [4.69, 9.17) is 0 Å². The second-order valence-electron chi connectivity index (χ2n) is 5.68. The number of hydrogen-bond donors (Lipinski definition) is 2. The predicted octanol–water partition coefficient (Wildman–Crippen LogP) is 2.35. The third-order valence-electron chi connectivity index (χ3n) is 4.10. The molecule has 0 saturated carbocycles. The molecular weight excluding hydrogens is 264 g/mol. The number of nitrogens with one attached hydrogen (secondary N) is 2. The number of amides is 1. The zero-order valence-corrected chi connectivity index (χ0v) is 12.2. The lowest BCUT2D eigenvalue weighted by Crippen LogP contribution is -2.25. The minimum Gasteiger partial charge on any atom is -0.324 e.